The Hall–Kier alpha value is 1.44. The molecule has 0 aliphatic heterocycles. The van der Waals surface area contributed by atoms with E-state index in [2.05, 4.69) is 0 Å². The van der Waals surface area contributed by atoms with Gasteiger partial charge in [-0.15, -0.1) is 0 Å². The maximum atomic E-state index is 10.3. The summed E-state index contributed by atoms with van der Waals surface area (Å²) in [6, 6.07) is 0. The van der Waals surface area contributed by atoms with Gasteiger partial charge in [0.15, 0.2) is 0 Å². The van der Waals surface area contributed by atoms with E-state index in [0.717, 1.165) is 11.0 Å². The third kappa shape index (κ3) is 14.3. The summed E-state index contributed by atoms with van der Waals surface area (Å²) >= 11 is 5.12. The molecule has 0 aliphatic carbocycles. The molecule has 0 fully saturated rings. The van der Waals surface area contributed by atoms with Crippen molar-refractivity contribution >= 4 is 48.2 Å². The van der Waals surface area contributed by atoms with Crippen molar-refractivity contribution < 1.29 is 13.6 Å². The van der Waals surface area contributed by atoms with E-state index < -0.39 is 7.38 Å². The summed E-state index contributed by atoms with van der Waals surface area (Å²) in [5, 5.41) is 0. The van der Waals surface area contributed by atoms with Crippen molar-refractivity contribution in [3.63, 3.8) is 0 Å². The van der Waals surface area contributed by atoms with Crippen LogP contribution in [0.2, 0.25) is 0 Å². The Morgan fingerprint density at radius 3 is 2.18 bits per heavy atom. The van der Waals surface area contributed by atoms with Crippen LogP contribution in [0.3, 0.4) is 0 Å². The number of nitrogens with zero attached hydrogens (tertiary/aromatic N) is 1. The molecule has 0 radical (unpaired) electrons. The molecule has 6 heteroatoms. The topological polar surface area (TPSA) is 26.3 Å². The van der Waals surface area contributed by atoms with Crippen LogP contribution in [0.15, 0.2) is 0 Å². The first kappa shape index (κ1) is 14.9. The number of hydrogen-bond donors (Lipinski definition) is 0. The maximum absolute atomic E-state index is 10.3. The van der Waals surface area contributed by atoms with Gasteiger partial charge in [0, 0.05) is 0 Å². The van der Waals surface area contributed by atoms with Gasteiger partial charge in [0.25, 0.3) is 7.38 Å². The fourth-order valence-electron chi connectivity index (χ4n) is 0.400. The van der Waals surface area contributed by atoms with Crippen molar-refractivity contribution in [2.45, 2.75) is 0 Å². The second-order valence-electron chi connectivity index (χ2n) is 3.10. The molecule has 0 aromatic rings. The quantitative estimate of drug-likeness (QED) is 0.388. The number of rotatable bonds is 4. The Morgan fingerprint density at radius 1 is 1.45 bits per heavy atom. The molecule has 0 amide bonds. The molecule has 64 valence electrons. The van der Waals surface area contributed by atoms with Crippen LogP contribution in [0.1, 0.15) is 0 Å². The van der Waals surface area contributed by atoms with E-state index in [1.165, 1.54) is 0 Å². The SMILES string of the molecule is C[N+](C)(C)CCO[PH](=O)Cl.[NaH]. The van der Waals surface area contributed by atoms with E-state index in [1.807, 2.05) is 21.1 Å². The first-order valence-electron chi connectivity index (χ1n) is 3.04. The monoisotopic (exact) mass is 210 g/mol. The second kappa shape index (κ2) is 6.90. The van der Waals surface area contributed by atoms with Crippen LogP contribution >= 0.6 is 18.6 Å². The Bertz CT molecular complexity index is 128. The Labute approximate surface area is 95.6 Å². The molecule has 0 aromatic carbocycles. The van der Waals surface area contributed by atoms with Gasteiger partial charge in [0.1, 0.15) is 13.2 Å². The summed E-state index contributed by atoms with van der Waals surface area (Å²) in [6.45, 7) is 1.29. The standard InChI is InChI=1S/C5H14ClNO2P.Na.H/c1-7(2,3)4-5-9-10(6)8;;/h10H,4-5H2,1-3H3;;/q+1;;. The van der Waals surface area contributed by atoms with Gasteiger partial charge in [0.2, 0.25) is 0 Å². The fraction of sp³-hybridized carbons (Fsp3) is 1.00. The predicted molar refractivity (Wildman–Crippen MR) is 50.9 cm³/mol. The molecule has 11 heavy (non-hydrogen) atoms. The summed E-state index contributed by atoms with van der Waals surface area (Å²) in [5.74, 6) is 0. The Balaban J connectivity index is 0. The van der Waals surface area contributed by atoms with Crippen molar-refractivity contribution in [3.8, 4) is 0 Å². The zero-order valence-corrected chi connectivity index (χ0v) is 8.31. The number of quaternary nitrogens is 1. The first-order valence-corrected chi connectivity index (χ1v) is 5.37. The van der Waals surface area contributed by atoms with Crippen LogP contribution < -0.4 is 0 Å². The Kier molecular flexibility index (Phi) is 9.37. The minimum atomic E-state index is -2.24. The number of likely N-dealkylation sites (N-methyl/N-ethyl adjacent to an activating group) is 1. The molecule has 0 saturated heterocycles. The fourth-order valence-corrected chi connectivity index (χ4v) is 0.883. The molecule has 1 atom stereocenters. The molecule has 1 unspecified atom stereocenters. The van der Waals surface area contributed by atoms with Gasteiger partial charge in [-0.1, -0.05) is 0 Å². The third-order valence-electron chi connectivity index (χ3n) is 0.978. The summed E-state index contributed by atoms with van der Waals surface area (Å²) < 4.78 is 15.8. The first-order chi connectivity index (χ1) is 4.42. The Morgan fingerprint density at radius 2 is 1.91 bits per heavy atom. The number of hydrogen-bond acceptors (Lipinski definition) is 2. The van der Waals surface area contributed by atoms with E-state index >= 15 is 0 Å². The van der Waals surface area contributed by atoms with Crippen molar-refractivity contribution in [1.82, 2.24) is 0 Å². The zero-order chi connectivity index (χ0) is 8.20. The van der Waals surface area contributed by atoms with Crippen molar-refractivity contribution in [1.29, 1.82) is 0 Å². The molecule has 0 saturated carbocycles. The second-order valence-corrected chi connectivity index (χ2v) is 4.79. The molecule has 0 rings (SSSR count). The average Bonchev–Trinajstić information content (AvgIpc) is 1.59. The van der Waals surface area contributed by atoms with Gasteiger partial charge < -0.3 is 9.01 Å². The molecule has 0 N–H and O–H groups in total. The summed E-state index contributed by atoms with van der Waals surface area (Å²) in [4.78, 5) is 0. The predicted octanol–water partition coefficient (Wildman–Crippen LogP) is 0.689. The van der Waals surface area contributed by atoms with Gasteiger partial charge in [-0.2, -0.15) is 0 Å². The molecule has 0 aliphatic rings. The van der Waals surface area contributed by atoms with E-state index in [-0.39, 0.29) is 29.6 Å². The van der Waals surface area contributed by atoms with E-state index in [1.54, 1.807) is 0 Å². The van der Waals surface area contributed by atoms with E-state index in [4.69, 9.17) is 15.8 Å². The van der Waals surface area contributed by atoms with E-state index in [0.29, 0.717) is 6.61 Å². The van der Waals surface area contributed by atoms with Crippen LogP contribution in [0, 0.1) is 0 Å². The molecule has 0 aromatic heterocycles. The van der Waals surface area contributed by atoms with Crippen molar-refractivity contribution in [3.05, 3.63) is 0 Å². The average molecular weight is 211 g/mol. The van der Waals surface area contributed by atoms with Crippen molar-refractivity contribution in [2.75, 3.05) is 34.3 Å². The third-order valence-corrected chi connectivity index (χ3v) is 1.74. The number of halogens is 1. The van der Waals surface area contributed by atoms with Gasteiger partial charge in [-0.05, 0) is 11.2 Å². The van der Waals surface area contributed by atoms with Crippen molar-refractivity contribution in [2.24, 2.45) is 0 Å². The van der Waals surface area contributed by atoms with Crippen LogP contribution in [-0.2, 0) is 9.09 Å². The van der Waals surface area contributed by atoms with Crippen LogP contribution in [0.25, 0.3) is 0 Å². The molecular formula is C5H15ClNNaO2P+. The normalized spacial score (nSPS) is 13.8. The zero-order valence-electron chi connectivity index (χ0n) is 6.56. The van der Waals surface area contributed by atoms with Gasteiger partial charge >= 0.3 is 29.6 Å². The summed E-state index contributed by atoms with van der Waals surface area (Å²) in [6.07, 6.45) is 0. The molecule has 3 nitrogen and oxygen atoms in total. The molecular weight excluding hydrogens is 195 g/mol. The van der Waals surface area contributed by atoms with Gasteiger partial charge in [0.05, 0.1) is 21.1 Å². The van der Waals surface area contributed by atoms with Crippen LogP contribution in [-0.4, -0.2) is 68.3 Å². The summed E-state index contributed by atoms with van der Waals surface area (Å²) in [5.41, 5.74) is 0. The molecule has 0 bridgehead atoms. The van der Waals surface area contributed by atoms with Gasteiger partial charge in [-0.3, -0.25) is 4.57 Å². The minimum absolute atomic E-state index is 0. The van der Waals surface area contributed by atoms with E-state index in [9.17, 15) is 4.57 Å². The molecule has 0 spiro atoms. The van der Waals surface area contributed by atoms with Crippen LogP contribution in [0.4, 0.5) is 0 Å². The van der Waals surface area contributed by atoms with Gasteiger partial charge in [-0.25, -0.2) is 0 Å². The molecule has 0 heterocycles. The summed E-state index contributed by atoms with van der Waals surface area (Å²) in [7, 11) is 3.87. The van der Waals surface area contributed by atoms with Crippen LogP contribution in [0.5, 0.6) is 0 Å².